The molecule has 0 amide bonds. The Hall–Kier alpha value is -1.24. The molecule has 0 bridgehead atoms. The van der Waals surface area contributed by atoms with E-state index in [-0.39, 0.29) is 16.3 Å². The van der Waals surface area contributed by atoms with Crippen LogP contribution < -0.4 is 0 Å². The quantitative estimate of drug-likeness (QED) is 0.508. The first-order valence-corrected chi connectivity index (χ1v) is 9.67. The van der Waals surface area contributed by atoms with Crippen LogP contribution in [0.4, 0.5) is 5.69 Å². The summed E-state index contributed by atoms with van der Waals surface area (Å²) in [5.41, 5.74) is -0.948. The molecule has 0 saturated heterocycles. The average molecular weight is 297 g/mol. The van der Waals surface area contributed by atoms with Gasteiger partial charge < -0.3 is 10.2 Å². The Morgan fingerprint density at radius 1 is 1.20 bits per heavy atom. The highest BCUT2D eigenvalue weighted by Crippen LogP contribution is 2.42. The second-order valence-electron chi connectivity index (χ2n) is 6.68. The predicted octanol–water partition coefficient (Wildman–Crippen LogP) is 3.04. The number of hydrogen-bond donors (Lipinski definition) is 2. The second kappa shape index (κ2) is 5.63. The lowest BCUT2D eigenvalue weighted by atomic mass is 10.1. The van der Waals surface area contributed by atoms with Gasteiger partial charge in [-0.05, 0) is 11.1 Å². The average Bonchev–Trinajstić information content (AvgIpc) is 2.35. The first kappa shape index (κ1) is 16.8. The number of hydrogen-bond acceptors (Lipinski definition) is 4. The zero-order valence-electron chi connectivity index (χ0n) is 12.6. The summed E-state index contributed by atoms with van der Waals surface area (Å²) in [7, 11) is -2.23. The van der Waals surface area contributed by atoms with Crippen LogP contribution in [0.15, 0.2) is 24.3 Å². The molecule has 0 aliphatic heterocycles. The molecule has 0 heterocycles. The first-order chi connectivity index (χ1) is 9.00. The van der Waals surface area contributed by atoms with Crippen molar-refractivity contribution in [3.8, 4) is 0 Å². The normalized spacial score (nSPS) is 15.8. The first-order valence-electron chi connectivity index (χ1n) is 6.59. The number of nitrogens with zero attached hydrogens (tertiary/aromatic N) is 1. The van der Waals surface area contributed by atoms with Gasteiger partial charge in [-0.1, -0.05) is 46.0 Å². The fourth-order valence-corrected chi connectivity index (χ4v) is 3.77. The summed E-state index contributed by atoms with van der Waals surface area (Å²) in [5.74, 6) is 0. The highest BCUT2D eigenvalue weighted by molar-refractivity contribution is 6.81. The number of rotatable bonds is 4. The van der Waals surface area contributed by atoms with Crippen molar-refractivity contribution in [2.45, 2.75) is 50.7 Å². The van der Waals surface area contributed by atoms with E-state index < -0.39 is 24.8 Å². The molecule has 1 aromatic carbocycles. The highest BCUT2D eigenvalue weighted by atomic mass is 28.3. The zero-order chi connectivity index (χ0) is 15.7. The van der Waals surface area contributed by atoms with Crippen LogP contribution in [0.1, 0.15) is 32.4 Å². The number of aliphatic hydroxyl groups excluding tert-OH is 2. The van der Waals surface area contributed by atoms with Gasteiger partial charge in [0.1, 0.15) is 6.10 Å². The van der Waals surface area contributed by atoms with Gasteiger partial charge >= 0.3 is 0 Å². The van der Waals surface area contributed by atoms with Crippen LogP contribution >= 0.6 is 0 Å². The van der Waals surface area contributed by atoms with Crippen molar-refractivity contribution in [2.75, 3.05) is 0 Å². The Morgan fingerprint density at radius 3 is 2.15 bits per heavy atom. The number of aliphatic hydroxyl groups is 2. The van der Waals surface area contributed by atoms with E-state index in [1.54, 1.807) is 12.1 Å². The summed E-state index contributed by atoms with van der Waals surface area (Å²) >= 11 is 0. The van der Waals surface area contributed by atoms with Crippen LogP contribution in [0.25, 0.3) is 0 Å². The predicted molar refractivity (Wildman–Crippen MR) is 81.3 cm³/mol. The van der Waals surface area contributed by atoms with Crippen molar-refractivity contribution in [3.63, 3.8) is 0 Å². The minimum absolute atomic E-state index is 0.128. The second-order valence-corrected chi connectivity index (χ2v) is 12.2. The summed E-state index contributed by atoms with van der Waals surface area (Å²) in [6.45, 7) is 10.0. The molecule has 1 rings (SSSR count). The van der Waals surface area contributed by atoms with E-state index in [1.807, 2.05) is 33.9 Å². The third kappa shape index (κ3) is 3.08. The lowest BCUT2D eigenvalue weighted by molar-refractivity contribution is -0.386. The van der Waals surface area contributed by atoms with Gasteiger partial charge in [0, 0.05) is 6.07 Å². The van der Waals surface area contributed by atoms with Crippen molar-refractivity contribution >= 4 is 13.8 Å². The third-order valence-electron chi connectivity index (χ3n) is 4.42. The van der Waals surface area contributed by atoms with Gasteiger partial charge in [0.05, 0.1) is 24.3 Å². The Balaban J connectivity index is 3.19. The monoisotopic (exact) mass is 297 g/mol. The van der Waals surface area contributed by atoms with Gasteiger partial charge in [0.25, 0.3) is 5.69 Å². The summed E-state index contributed by atoms with van der Waals surface area (Å²) in [5, 5.41) is 31.8. The maximum absolute atomic E-state index is 11.0. The van der Waals surface area contributed by atoms with Gasteiger partial charge in [-0.15, -0.1) is 0 Å². The molecular weight excluding hydrogens is 274 g/mol. The molecule has 6 heteroatoms. The molecule has 0 fully saturated rings. The molecule has 2 N–H and O–H groups in total. The van der Waals surface area contributed by atoms with E-state index >= 15 is 0 Å². The number of para-hydroxylation sites is 1. The van der Waals surface area contributed by atoms with Gasteiger partial charge in [0.2, 0.25) is 0 Å². The van der Waals surface area contributed by atoms with Crippen LogP contribution in [0.5, 0.6) is 0 Å². The molecule has 0 saturated carbocycles. The van der Waals surface area contributed by atoms with E-state index in [1.165, 1.54) is 12.1 Å². The number of benzene rings is 1. The van der Waals surface area contributed by atoms with Crippen LogP contribution in [0, 0.1) is 10.1 Å². The Labute approximate surface area is 120 Å². The SMILES string of the molecule is CC(C)(C)[Si](C)(C)C(O)C(O)c1ccccc1[N+](=O)[O-]. The number of nitro benzene ring substituents is 1. The maximum Gasteiger partial charge on any atom is 0.275 e. The lowest BCUT2D eigenvalue weighted by Crippen LogP contribution is -2.52. The third-order valence-corrected chi connectivity index (χ3v) is 10.1. The fourth-order valence-electron chi connectivity index (χ4n) is 1.91. The fraction of sp³-hybridized carbons (Fsp3) is 0.571. The van der Waals surface area contributed by atoms with Gasteiger partial charge in [-0.3, -0.25) is 10.1 Å². The van der Waals surface area contributed by atoms with Crippen molar-refractivity contribution in [1.29, 1.82) is 0 Å². The standard InChI is InChI=1S/C14H23NO4Si/c1-14(2,3)20(4,5)13(17)12(16)10-8-6-7-9-11(10)15(18)19/h6-9,12-13,16-17H,1-5H3. The van der Waals surface area contributed by atoms with Crippen molar-refractivity contribution in [2.24, 2.45) is 0 Å². The molecule has 0 aliphatic carbocycles. The minimum atomic E-state index is -2.23. The van der Waals surface area contributed by atoms with Gasteiger partial charge in [-0.25, -0.2) is 0 Å². The largest absolute Gasteiger partial charge is 0.393 e. The minimum Gasteiger partial charge on any atom is -0.393 e. The Bertz CT molecular complexity index is 496. The van der Waals surface area contributed by atoms with E-state index in [9.17, 15) is 20.3 Å². The molecule has 0 aromatic heterocycles. The van der Waals surface area contributed by atoms with E-state index in [0.29, 0.717) is 0 Å². The van der Waals surface area contributed by atoms with Crippen molar-refractivity contribution in [3.05, 3.63) is 39.9 Å². The smallest absolute Gasteiger partial charge is 0.275 e. The summed E-state index contributed by atoms with van der Waals surface area (Å²) in [4.78, 5) is 10.5. The van der Waals surface area contributed by atoms with Crippen LogP contribution in [-0.2, 0) is 0 Å². The molecule has 1 aromatic rings. The molecule has 2 atom stereocenters. The molecule has 2 unspecified atom stereocenters. The van der Waals surface area contributed by atoms with Gasteiger partial charge in [-0.2, -0.15) is 0 Å². The molecule has 0 spiro atoms. The highest BCUT2D eigenvalue weighted by Gasteiger charge is 2.45. The van der Waals surface area contributed by atoms with E-state index in [4.69, 9.17) is 0 Å². The Kier molecular flexibility index (Phi) is 4.73. The topological polar surface area (TPSA) is 83.6 Å². The summed E-state index contributed by atoms with van der Waals surface area (Å²) < 4.78 is 0. The van der Waals surface area contributed by atoms with Crippen LogP contribution in [0.3, 0.4) is 0 Å². The molecule has 5 nitrogen and oxygen atoms in total. The molecule has 0 radical (unpaired) electrons. The van der Waals surface area contributed by atoms with Crippen molar-refractivity contribution < 1.29 is 15.1 Å². The molecule has 112 valence electrons. The van der Waals surface area contributed by atoms with E-state index in [2.05, 4.69) is 0 Å². The molecule has 0 aliphatic rings. The zero-order valence-corrected chi connectivity index (χ0v) is 13.6. The summed E-state index contributed by atoms with van der Waals surface area (Å²) in [6, 6.07) is 6.02. The van der Waals surface area contributed by atoms with E-state index in [0.717, 1.165) is 0 Å². The van der Waals surface area contributed by atoms with Crippen LogP contribution in [-0.4, -0.2) is 28.9 Å². The molecule has 20 heavy (non-hydrogen) atoms. The van der Waals surface area contributed by atoms with Crippen molar-refractivity contribution in [1.82, 2.24) is 0 Å². The van der Waals surface area contributed by atoms with Gasteiger partial charge in [0.15, 0.2) is 0 Å². The number of nitro groups is 1. The lowest BCUT2D eigenvalue weighted by Gasteiger charge is -2.42. The Morgan fingerprint density at radius 2 is 1.70 bits per heavy atom. The molecular formula is C14H23NO4Si. The summed E-state index contributed by atoms with van der Waals surface area (Å²) in [6.07, 6.45) is -1.24. The maximum atomic E-state index is 11.0. The van der Waals surface area contributed by atoms with Crippen LogP contribution in [0.2, 0.25) is 18.1 Å².